The van der Waals surface area contributed by atoms with E-state index in [-0.39, 0.29) is 17.9 Å². The fourth-order valence-corrected chi connectivity index (χ4v) is 3.59. The molecule has 21 heavy (non-hydrogen) atoms. The van der Waals surface area contributed by atoms with Gasteiger partial charge in [0.15, 0.2) is 0 Å². The number of benzene rings is 1. The number of carbonyl (C=O) groups is 2. The van der Waals surface area contributed by atoms with Gasteiger partial charge >= 0.3 is 0 Å². The number of piperazine rings is 1. The quantitative estimate of drug-likeness (QED) is 0.843. The van der Waals surface area contributed by atoms with Crippen LogP contribution in [-0.2, 0) is 9.59 Å². The Morgan fingerprint density at radius 2 is 1.95 bits per heavy atom. The zero-order chi connectivity index (χ0) is 15.0. The Morgan fingerprint density at radius 1 is 1.19 bits per heavy atom. The smallest absolute Gasteiger partial charge is 0.250 e. The molecule has 2 atom stereocenters. The van der Waals surface area contributed by atoms with Crippen molar-refractivity contribution in [1.82, 2.24) is 4.90 Å². The standard InChI is InChI=1S/C16H19ClN2O2/c1-2-12-15(20)18-10-6-5-9-14(18)16(21)19(12)13-8-4-3-7-11(13)17/h3-4,7-8,12,14H,2,5-6,9-10H2,1H3. The van der Waals surface area contributed by atoms with Crippen molar-refractivity contribution < 1.29 is 9.59 Å². The van der Waals surface area contributed by atoms with Crippen LogP contribution in [0.4, 0.5) is 5.69 Å². The first kappa shape index (κ1) is 14.4. The predicted octanol–water partition coefficient (Wildman–Crippen LogP) is 2.85. The van der Waals surface area contributed by atoms with E-state index in [2.05, 4.69) is 0 Å². The molecule has 2 amide bonds. The van der Waals surface area contributed by atoms with Gasteiger partial charge in [-0.1, -0.05) is 30.7 Å². The summed E-state index contributed by atoms with van der Waals surface area (Å²) in [6, 6.07) is 6.50. The molecule has 112 valence electrons. The number of fused-ring (bicyclic) bond motifs is 1. The van der Waals surface area contributed by atoms with Gasteiger partial charge in [-0.3, -0.25) is 14.5 Å². The lowest BCUT2D eigenvalue weighted by molar-refractivity contribution is -0.148. The molecule has 2 heterocycles. The Kier molecular flexibility index (Phi) is 3.89. The minimum atomic E-state index is -0.438. The first-order valence-corrected chi connectivity index (χ1v) is 7.91. The van der Waals surface area contributed by atoms with Crippen LogP contribution in [-0.4, -0.2) is 35.3 Å². The second-order valence-electron chi connectivity index (χ2n) is 5.63. The maximum atomic E-state index is 12.9. The van der Waals surface area contributed by atoms with E-state index in [0.29, 0.717) is 23.7 Å². The number of piperidine rings is 1. The van der Waals surface area contributed by atoms with Gasteiger partial charge in [0, 0.05) is 6.54 Å². The van der Waals surface area contributed by atoms with Gasteiger partial charge in [0.2, 0.25) is 5.91 Å². The Balaban J connectivity index is 2.03. The zero-order valence-corrected chi connectivity index (χ0v) is 12.8. The summed E-state index contributed by atoms with van der Waals surface area (Å²) in [4.78, 5) is 29.0. The summed E-state index contributed by atoms with van der Waals surface area (Å²) in [5, 5.41) is 0.515. The minimum absolute atomic E-state index is 0.00856. The van der Waals surface area contributed by atoms with Gasteiger partial charge in [-0.15, -0.1) is 0 Å². The summed E-state index contributed by atoms with van der Waals surface area (Å²) >= 11 is 6.25. The van der Waals surface area contributed by atoms with Crippen LogP contribution in [0.1, 0.15) is 32.6 Å². The molecule has 2 aliphatic heterocycles. The molecule has 0 spiro atoms. The number of hydrogen-bond donors (Lipinski definition) is 0. The highest BCUT2D eigenvalue weighted by Crippen LogP contribution is 2.34. The molecule has 2 aliphatic rings. The third kappa shape index (κ3) is 2.31. The van der Waals surface area contributed by atoms with Crippen LogP contribution < -0.4 is 4.90 Å². The topological polar surface area (TPSA) is 40.6 Å². The predicted molar refractivity (Wildman–Crippen MR) is 82.4 cm³/mol. The highest BCUT2D eigenvalue weighted by molar-refractivity contribution is 6.34. The number of halogens is 1. The molecule has 0 N–H and O–H groups in total. The van der Waals surface area contributed by atoms with E-state index >= 15 is 0 Å². The van der Waals surface area contributed by atoms with Crippen molar-refractivity contribution in [3.05, 3.63) is 29.3 Å². The zero-order valence-electron chi connectivity index (χ0n) is 12.1. The van der Waals surface area contributed by atoms with Gasteiger partial charge in [-0.05, 0) is 37.8 Å². The van der Waals surface area contributed by atoms with E-state index in [9.17, 15) is 9.59 Å². The van der Waals surface area contributed by atoms with Crippen LogP contribution in [0.25, 0.3) is 0 Å². The van der Waals surface area contributed by atoms with Gasteiger partial charge in [0.1, 0.15) is 12.1 Å². The van der Waals surface area contributed by atoms with E-state index in [1.165, 1.54) is 0 Å². The van der Waals surface area contributed by atoms with Gasteiger partial charge in [0.25, 0.3) is 5.91 Å². The van der Waals surface area contributed by atoms with Crippen LogP contribution in [0.2, 0.25) is 5.02 Å². The molecule has 0 aliphatic carbocycles. The average Bonchev–Trinajstić information content (AvgIpc) is 2.51. The number of amides is 2. The summed E-state index contributed by atoms with van der Waals surface area (Å²) < 4.78 is 0. The van der Waals surface area contributed by atoms with Gasteiger partial charge in [-0.25, -0.2) is 0 Å². The second-order valence-corrected chi connectivity index (χ2v) is 6.03. The normalized spacial score (nSPS) is 26.0. The molecule has 3 rings (SSSR count). The Labute approximate surface area is 129 Å². The van der Waals surface area contributed by atoms with Gasteiger partial charge < -0.3 is 4.90 Å². The largest absolute Gasteiger partial charge is 0.329 e. The lowest BCUT2D eigenvalue weighted by Crippen LogP contribution is -2.66. The molecule has 2 saturated heterocycles. The van der Waals surface area contributed by atoms with Crippen LogP contribution in [0.5, 0.6) is 0 Å². The minimum Gasteiger partial charge on any atom is -0.329 e. The van der Waals surface area contributed by atoms with Gasteiger partial charge in [0.05, 0.1) is 10.7 Å². The summed E-state index contributed by atoms with van der Waals surface area (Å²) in [5.41, 5.74) is 0.648. The Morgan fingerprint density at radius 3 is 2.67 bits per heavy atom. The molecule has 1 aromatic carbocycles. The SMILES string of the molecule is CCC1C(=O)N2CCCCC2C(=O)N1c1ccccc1Cl. The van der Waals surface area contributed by atoms with Crippen molar-refractivity contribution in [2.75, 3.05) is 11.4 Å². The van der Waals surface area contributed by atoms with Crippen molar-refractivity contribution in [1.29, 1.82) is 0 Å². The van der Waals surface area contributed by atoms with E-state index in [1.807, 2.05) is 25.1 Å². The first-order chi connectivity index (χ1) is 10.1. The highest BCUT2D eigenvalue weighted by atomic mass is 35.5. The number of rotatable bonds is 2. The fourth-order valence-electron chi connectivity index (χ4n) is 3.36. The van der Waals surface area contributed by atoms with Crippen molar-refractivity contribution in [3.63, 3.8) is 0 Å². The summed E-state index contributed by atoms with van der Waals surface area (Å²) in [6.07, 6.45) is 3.33. The second kappa shape index (κ2) is 5.68. The van der Waals surface area contributed by atoms with Crippen LogP contribution in [0.3, 0.4) is 0 Å². The third-order valence-corrected chi connectivity index (χ3v) is 4.72. The number of para-hydroxylation sites is 1. The number of carbonyl (C=O) groups excluding carboxylic acids is 2. The van der Waals surface area contributed by atoms with Crippen molar-refractivity contribution >= 4 is 29.1 Å². The Bertz CT molecular complexity index is 575. The van der Waals surface area contributed by atoms with E-state index in [1.54, 1.807) is 15.9 Å². The lowest BCUT2D eigenvalue weighted by Gasteiger charge is -2.46. The summed E-state index contributed by atoms with van der Waals surface area (Å²) in [6.45, 7) is 2.63. The maximum Gasteiger partial charge on any atom is 0.250 e. The molecule has 0 aromatic heterocycles. The summed E-state index contributed by atoms with van der Waals surface area (Å²) in [7, 11) is 0. The fraction of sp³-hybridized carbons (Fsp3) is 0.500. The molecule has 2 fully saturated rings. The average molecular weight is 307 g/mol. The number of hydrogen-bond acceptors (Lipinski definition) is 2. The number of nitrogens with zero attached hydrogens (tertiary/aromatic N) is 2. The van der Waals surface area contributed by atoms with Crippen LogP contribution in [0, 0.1) is 0 Å². The molecular weight excluding hydrogens is 288 g/mol. The van der Waals surface area contributed by atoms with E-state index in [0.717, 1.165) is 19.3 Å². The van der Waals surface area contributed by atoms with Crippen molar-refractivity contribution in [2.24, 2.45) is 0 Å². The molecule has 0 radical (unpaired) electrons. The molecule has 0 bridgehead atoms. The van der Waals surface area contributed by atoms with Crippen LogP contribution >= 0.6 is 11.6 Å². The first-order valence-electron chi connectivity index (χ1n) is 7.53. The molecule has 5 heteroatoms. The lowest BCUT2D eigenvalue weighted by atomic mass is 9.94. The third-order valence-electron chi connectivity index (χ3n) is 4.40. The van der Waals surface area contributed by atoms with Crippen molar-refractivity contribution in [2.45, 2.75) is 44.7 Å². The molecule has 4 nitrogen and oxygen atoms in total. The Hall–Kier alpha value is -1.55. The van der Waals surface area contributed by atoms with Crippen molar-refractivity contribution in [3.8, 4) is 0 Å². The number of anilines is 1. The molecular formula is C16H19ClN2O2. The van der Waals surface area contributed by atoms with E-state index in [4.69, 9.17) is 11.6 Å². The maximum absolute atomic E-state index is 12.9. The van der Waals surface area contributed by atoms with Gasteiger partial charge in [-0.2, -0.15) is 0 Å². The highest BCUT2D eigenvalue weighted by Gasteiger charge is 2.46. The summed E-state index contributed by atoms with van der Waals surface area (Å²) in [5.74, 6) is 0.0657. The molecule has 2 unspecified atom stereocenters. The monoisotopic (exact) mass is 306 g/mol. The van der Waals surface area contributed by atoms with E-state index < -0.39 is 6.04 Å². The molecule has 1 aromatic rings. The molecule has 0 saturated carbocycles. The van der Waals surface area contributed by atoms with Crippen LogP contribution in [0.15, 0.2) is 24.3 Å².